The van der Waals surface area contributed by atoms with E-state index in [-0.39, 0.29) is 19.0 Å². The summed E-state index contributed by atoms with van der Waals surface area (Å²) in [4.78, 5) is 23.9. The van der Waals surface area contributed by atoms with E-state index in [9.17, 15) is 9.59 Å². The van der Waals surface area contributed by atoms with Gasteiger partial charge in [0.25, 0.3) is 0 Å². The van der Waals surface area contributed by atoms with E-state index in [1.807, 2.05) is 25.5 Å². The minimum Gasteiger partial charge on any atom is -0.481 e. The molecule has 0 fully saturated rings. The van der Waals surface area contributed by atoms with E-state index in [2.05, 4.69) is 15.9 Å². The zero-order chi connectivity index (χ0) is 17.9. The Morgan fingerprint density at radius 1 is 1.21 bits per heavy atom. The number of carbonyl (C=O) groups excluding carboxylic acids is 2. The van der Waals surface area contributed by atoms with Gasteiger partial charge < -0.3 is 14.0 Å². The van der Waals surface area contributed by atoms with Crippen LogP contribution in [0, 0.1) is 13.8 Å². The second kappa shape index (κ2) is 7.85. The number of aryl methyl sites for hydroxylation is 1. The summed E-state index contributed by atoms with van der Waals surface area (Å²) in [7, 11) is 1.88. The van der Waals surface area contributed by atoms with Gasteiger partial charge in [-0.2, -0.15) is 0 Å². The summed E-state index contributed by atoms with van der Waals surface area (Å²) >= 11 is 9.12. The molecule has 0 N–H and O–H groups in total. The van der Waals surface area contributed by atoms with Crippen molar-refractivity contribution in [3.63, 3.8) is 0 Å². The van der Waals surface area contributed by atoms with Crippen molar-refractivity contribution in [1.29, 1.82) is 0 Å². The molecule has 0 aliphatic carbocycles. The van der Waals surface area contributed by atoms with Crippen LogP contribution in [0.4, 0.5) is 0 Å². The van der Waals surface area contributed by atoms with E-state index in [0.29, 0.717) is 20.8 Å². The molecule has 0 radical (unpaired) electrons. The molecule has 0 saturated carbocycles. The van der Waals surface area contributed by atoms with Gasteiger partial charge in [0.2, 0.25) is 5.78 Å². The summed E-state index contributed by atoms with van der Waals surface area (Å²) < 4.78 is 12.9. The highest BCUT2D eigenvalue weighted by Gasteiger charge is 2.16. The van der Waals surface area contributed by atoms with Gasteiger partial charge in [-0.25, -0.2) is 4.79 Å². The molecule has 0 aliphatic heterocycles. The van der Waals surface area contributed by atoms with Crippen molar-refractivity contribution in [1.82, 2.24) is 4.57 Å². The van der Waals surface area contributed by atoms with E-state index >= 15 is 0 Å². The summed E-state index contributed by atoms with van der Waals surface area (Å²) in [6.07, 6.45) is 0. The zero-order valence-electron chi connectivity index (χ0n) is 13.6. The van der Waals surface area contributed by atoms with Crippen molar-refractivity contribution >= 4 is 39.3 Å². The second-order valence-electron chi connectivity index (χ2n) is 5.29. The first kappa shape index (κ1) is 18.5. The highest BCUT2D eigenvalue weighted by Crippen LogP contribution is 2.27. The van der Waals surface area contributed by atoms with E-state index in [0.717, 1.165) is 11.4 Å². The average Bonchev–Trinajstić information content (AvgIpc) is 2.79. The average molecular weight is 415 g/mol. The Morgan fingerprint density at radius 2 is 1.92 bits per heavy atom. The number of hydrogen-bond acceptors (Lipinski definition) is 4. The summed E-state index contributed by atoms with van der Waals surface area (Å²) in [5.74, 6) is -0.384. The Labute approximate surface area is 153 Å². The molecular weight excluding hydrogens is 398 g/mol. The van der Waals surface area contributed by atoms with Crippen LogP contribution in [0.3, 0.4) is 0 Å². The third-order valence-electron chi connectivity index (χ3n) is 3.68. The number of halogens is 2. The van der Waals surface area contributed by atoms with Crippen LogP contribution in [0.15, 0.2) is 28.7 Å². The summed E-state index contributed by atoms with van der Waals surface area (Å²) in [5, 5.41) is 0.552. The Bertz CT molecular complexity index is 785. The fraction of sp³-hybridized carbons (Fsp3) is 0.294. The lowest BCUT2D eigenvalue weighted by Crippen LogP contribution is -2.20. The van der Waals surface area contributed by atoms with Gasteiger partial charge in [0.05, 0.1) is 4.47 Å². The van der Waals surface area contributed by atoms with Crippen LogP contribution in [-0.4, -0.2) is 29.5 Å². The van der Waals surface area contributed by atoms with Crippen LogP contribution in [0.5, 0.6) is 5.75 Å². The molecule has 0 atom stereocenters. The maximum absolute atomic E-state index is 12.1. The monoisotopic (exact) mass is 413 g/mol. The molecule has 0 spiro atoms. The Hall–Kier alpha value is -1.79. The summed E-state index contributed by atoms with van der Waals surface area (Å²) in [5.41, 5.74) is 2.37. The van der Waals surface area contributed by atoms with Gasteiger partial charge in [0.15, 0.2) is 13.2 Å². The number of esters is 1. The van der Waals surface area contributed by atoms with Crippen molar-refractivity contribution < 1.29 is 19.1 Å². The van der Waals surface area contributed by atoms with Crippen molar-refractivity contribution in [2.75, 3.05) is 13.2 Å². The van der Waals surface area contributed by atoms with Crippen molar-refractivity contribution in [3.05, 3.63) is 50.7 Å². The lowest BCUT2D eigenvalue weighted by atomic mass is 10.1. The zero-order valence-corrected chi connectivity index (χ0v) is 15.9. The van der Waals surface area contributed by atoms with Crippen LogP contribution in [0.1, 0.15) is 21.7 Å². The number of aromatic nitrogens is 1. The van der Waals surface area contributed by atoms with Crippen molar-refractivity contribution in [2.24, 2.45) is 7.05 Å². The predicted octanol–water partition coefficient (Wildman–Crippen LogP) is 3.86. The molecule has 0 amide bonds. The molecule has 0 bridgehead atoms. The third kappa shape index (κ3) is 4.39. The second-order valence-corrected chi connectivity index (χ2v) is 6.58. The van der Waals surface area contributed by atoms with Gasteiger partial charge in [0, 0.05) is 29.0 Å². The molecule has 1 aromatic carbocycles. The third-order valence-corrected chi connectivity index (χ3v) is 4.53. The summed E-state index contributed by atoms with van der Waals surface area (Å²) in [6.45, 7) is 3.16. The molecule has 2 aromatic rings. The largest absolute Gasteiger partial charge is 0.481 e. The lowest BCUT2D eigenvalue weighted by molar-refractivity contribution is -0.144. The maximum Gasteiger partial charge on any atom is 0.344 e. The number of carbonyl (C=O) groups is 2. The van der Waals surface area contributed by atoms with Crippen LogP contribution >= 0.6 is 27.5 Å². The number of benzene rings is 1. The van der Waals surface area contributed by atoms with Crippen LogP contribution in [0.25, 0.3) is 0 Å². The molecule has 7 heteroatoms. The first-order valence-corrected chi connectivity index (χ1v) is 8.36. The SMILES string of the molecule is Cc1cc(C(=O)COC(=O)COc2ccc(Cl)cc2Br)c(C)n1C. The highest BCUT2D eigenvalue weighted by molar-refractivity contribution is 9.10. The Morgan fingerprint density at radius 3 is 2.50 bits per heavy atom. The van der Waals surface area contributed by atoms with Crippen LogP contribution in [0.2, 0.25) is 5.02 Å². The number of ketones is 1. The molecule has 2 rings (SSSR count). The molecule has 1 aromatic heterocycles. The number of rotatable bonds is 6. The highest BCUT2D eigenvalue weighted by atomic mass is 79.9. The van der Waals surface area contributed by atoms with Gasteiger partial charge in [-0.3, -0.25) is 4.79 Å². The minimum atomic E-state index is -0.615. The smallest absolute Gasteiger partial charge is 0.344 e. The fourth-order valence-corrected chi connectivity index (χ4v) is 2.93. The van der Waals surface area contributed by atoms with Gasteiger partial charge in [0.1, 0.15) is 5.75 Å². The number of nitrogens with zero attached hydrogens (tertiary/aromatic N) is 1. The molecule has 24 heavy (non-hydrogen) atoms. The molecule has 0 aliphatic rings. The molecule has 1 heterocycles. The topological polar surface area (TPSA) is 57.5 Å². The first-order chi connectivity index (χ1) is 11.3. The molecule has 0 saturated heterocycles. The van der Waals surface area contributed by atoms with Crippen molar-refractivity contribution in [3.8, 4) is 5.75 Å². The van der Waals surface area contributed by atoms with Gasteiger partial charge in [-0.15, -0.1) is 0 Å². The van der Waals surface area contributed by atoms with E-state index in [1.54, 1.807) is 24.3 Å². The van der Waals surface area contributed by atoms with Crippen molar-refractivity contribution in [2.45, 2.75) is 13.8 Å². The Kier molecular flexibility index (Phi) is 6.07. The van der Waals surface area contributed by atoms with Gasteiger partial charge in [-0.1, -0.05) is 11.6 Å². The van der Waals surface area contributed by atoms with E-state index < -0.39 is 5.97 Å². The van der Waals surface area contributed by atoms with E-state index in [1.165, 1.54) is 0 Å². The number of Topliss-reactive ketones (excluding diaryl/α,β-unsaturated/α-hetero) is 1. The number of hydrogen-bond donors (Lipinski definition) is 0. The van der Waals surface area contributed by atoms with Crippen LogP contribution < -0.4 is 4.74 Å². The minimum absolute atomic E-state index is 0.239. The van der Waals surface area contributed by atoms with Gasteiger partial charge in [-0.05, 0) is 54.0 Å². The standard InChI is InChI=1S/C17H17BrClNO4/c1-10-6-13(11(2)20(10)3)15(21)8-24-17(22)9-23-16-5-4-12(19)7-14(16)18/h4-7H,8-9H2,1-3H3. The van der Waals surface area contributed by atoms with Crippen LogP contribution in [-0.2, 0) is 16.6 Å². The van der Waals surface area contributed by atoms with E-state index in [4.69, 9.17) is 21.1 Å². The number of ether oxygens (including phenoxy) is 2. The molecule has 128 valence electrons. The Balaban J connectivity index is 1.86. The van der Waals surface area contributed by atoms with Gasteiger partial charge >= 0.3 is 5.97 Å². The first-order valence-electron chi connectivity index (χ1n) is 7.19. The molecule has 5 nitrogen and oxygen atoms in total. The maximum atomic E-state index is 12.1. The molecular formula is C17H17BrClNO4. The quantitative estimate of drug-likeness (QED) is 0.532. The molecule has 0 unspecified atom stereocenters. The normalized spacial score (nSPS) is 10.5. The predicted molar refractivity (Wildman–Crippen MR) is 94.8 cm³/mol. The fourth-order valence-electron chi connectivity index (χ4n) is 2.13. The lowest BCUT2D eigenvalue weighted by Gasteiger charge is -2.08. The summed E-state index contributed by atoms with van der Waals surface area (Å²) in [6, 6.07) is 6.73.